The van der Waals surface area contributed by atoms with Crippen LogP contribution in [0.3, 0.4) is 0 Å². The van der Waals surface area contributed by atoms with Crippen molar-refractivity contribution >= 4 is 56.2 Å². The quantitative estimate of drug-likeness (QED) is 0.184. The first kappa shape index (κ1) is 42.7. The fraction of sp³-hybridized carbons (Fsp3) is 0.605. The molecule has 19 nitrogen and oxygen atoms in total. The van der Waals surface area contributed by atoms with Crippen LogP contribution in [0.1, 0.15) is 88.7 Å². The molecule has 3 aromatic heterocycles. The summed E-state index contributed by atoms with van der Waals surface area (Å²) in [7, 11) is -0.270. The summed E-state index contributed by atoms with van der Waals surface area (Å²) in [6, 6.07) is 2.51. The highest BCUT2D eigenvalue weighted by Gasteiger charge is 2.61. The average Bonchev–Trinajstić information content (AvgIpc) is 3.78. The van der Waals surface area contributed by atoms with E-state index in [4.69, 9.17) is 4.98 Å². The highest BCUT2D eigenvalue weighted by Crippen LogP contribution is 2.57. The lowest BCUT2D eigenvalue weighted by molar-refractivity contribution is -0.135. The number of carbonyl (C=O) groups excluding carboxylic acids is 3. The molecule has 10 rings (SSSR count). The van der Waals surface area contributed by atoms with Gasteiger partial charge >= 0.3 is 5.69 Å². The lowest BCUT2D eigenvalue weighted by atomic mass is 9.92. The summed E-state index contributed by atoms with van der Waals surface area (Å²) in [6.45, 7) is 2.91. The number of piperidine rings is 3. The van der Waals surface area contributed by atoms with Crippen LogP contribution in [-0.4, -0.2) is 133 Å². The standard InChI is InChI=1S/C43H55FN12O7S/c1-50(27-12-16-52(17-13-27)32-6-7-33-37(36(32)44)51(2)42(61)56(33)34-8-9-35(58)48-39(34)59)20-21-53-25-30(23-46-53)64(62,63)54-18-10-26(11-19-54)47-41-45-24-31-38(49-41)55(40(60)43(31)14-15-43)28-4-3-5-29(57)22-28/h6-7,23-29,34,57H,3-5,8-22H2,1-2H3,(H,45,47,49)(H,48,58,59)/t28?,29-,34?/m1/s1. The molecule has 1 spiro atoms. The Hall–Kier alpha value is -5.25. The number of likely N-dealkylation sites (N-methyl/N-ethyl adjacent to an activating group) is 1. The Labute approximate surface area is 369 Å². The maximum absolute atomic E-state index is 16.2. The molecular weight excluding hydrogens is 848 g/mol. The Morgan fingerprint density at radius 3 is 2.48 bits per heavy atom. The fourth-order valence-corrected chi connectivity index (χ4v) is 12.2. The van der Waals surface area contributed by atoms with Gasteiger partial charge in [0, 0.05) is 82.3 Å². The monoisotopic (exact) mass is 902 g/mol. The Balaban J connectivity index is 0.714. The summed E-state index contributed by atoms with van der Waals surface area (Å²) in [5, 5.41) is 20.5. The van der Waals surface area contributed by atoms with E-state index in [1.807, 2.05) is 16.8 Å². The Bertz CT molecular complexity index is 2680. The zero-order chi connectivity index (χ0) is 44.7. The van der Waals surface area contributed by atoms with Gasteiger partial charge in [0.05, 0.1) is 35.5 Å². The fourth-order valence-electron chi connectivity index (χ4n) is 10.8. The Morgan fingerprint density at radius 1 is 1.00 bits per heavy atom. The van der Waals surface area contributed by atoms with E-state index in [1.54, 1.807) is 29.2 Å². The predicted molar refractivity (Wildman–Crippen MR) is 233 cm³/mol. The number of sulfonamides is 1. The van der Waals surface area contributed by atoms with Crippen LogP contribution < -0.4 is 26.1 Å². The zero-order valence-corrected chi connectivity index (χ0v) is 37.0. The highest BCUT2D eigenvalue weighted by molar-refractivity contribution is 7.89. The minimum absolute atomic E-state index is 0.0517. The number of amides is 3. The summed E-state index contributed by atoms with van der Waals surface area (Å²) in [5.41, 5.74) is 0.645. The third-order valence-electron chi connectivity index (χ3n) is 14.7. The van der Waals surface area contributed by atoms with Crippen molar-refractivity contribution in [2.45, 2.75) is 124 Å². The van der Waals surface area contributed by atoms with Gasteiger partial charge in [-0.2, -0.15) is 14.4 Å². The van der Waals surface area contributed by atoms with Crippen LogP contribution in [0.4, 0.5) is 21.8 Å². The van der Waals surface area contributed by atoms with Crippen molar-refractivity contribution in [3.05, 3.63) is 52.6 Å². The molecule has 1 aromatic carbocycles. The molecule has 342 valence electrons. The van der Waals surface area contributed by atoms with Gasteiger partial charge in [0.1, 0.15) is 22.3 Å². The Kier molecular flexibility index (Phi) is 10.9. The third kappa shape index (κ3) is 7.37. The Morgan fingerprint density at radius 2 is 1.77 bits per heavy atom. The molecule has 5 fully saturated rings. The molecule has 2 aliphatic carbocycles. The first-order valence-electron chi connectivity index (χ1n) is 22.6. The summed E-state index contributed by atoms with van der Waals surface area (Å²) in [4.78, 5) is 66.8. The zero-order valence-electron chi connectivity index (χ0n) is 36.2. The van der Waals surface area contributed by atoms with E-state index in [1.165, 1.54) is 26.7 Å². The molecule has 0 radical (unpaired) electrons. The van der Waals surface area contributed by atoms with E-state index in [2.05, 4.69) is 25.6 Å². The second-order valence-electron chi connectivity index (χ2n) is 18.6. The highest BCUT2D eigenvalue weighted by atomic mass is 32.2. The molecule has 6 aliphatic rings. The number of nitrogens with zero attached hydrogens (tertiary/aromatic N) is 10. The SMILES string of the molecule is CN(CCn1cc(S(=O)(=O)N2CCC(Nc3ncc4c(n3)N(C3CCC[C@@H](O)C3)C(=O)C43CC3)CC2)cn1)C1CCN(c2ccc3c(c2F)n(C)c(=O)n3C2CCC(=O)NC2=O)CC1. The molecule has 2 unspecified atom stereocenters. The van der Waals surface area contributed by atoms with Crippen LogP contribution in [0, 0.1) is 5.82 Å². The molecule has 4 aliphatic heterocycles. The number of aliphatic hydroxyl groups is 1. The van der Waals surface area contributed by atoms with Crippen molar-refractivity contribution in [1.82, 2.24) is 43.4 Å². The lowest BCUT2D eigenvalue weighted by Crippen LogP contribution is -2.44. The average molecular weight is 903 g/mol. The molecule has 3 amide bonds. The first-order chi connectivity index (χ1) is 30.7. The van der Waals surface area contributed by atoms with E-state index in [0.717, 1.165) is 50.5 Å². The van der Waals surface area contributed by atoms with Gasteiger partial charge in [-0.25, -0.2) is 22.6 Å². The number of hydrogen-bond acceptors (Lipinski definition) is 13. The van der Waals surface area contributed by atoms with Crippen LogP contribution in [0.25, 0.3) is 11.0 Å². The van der Waals surface area contributed by atoms with Gasteiger partial charge < -0.3 is 20.2 Å². The van der Waals surface area contributed by atoms with Gasteiger partial charge in [0.25, 0.3) is 0 Å². The lowest BCUT2D eigenvalue weighted by Gasteiger charge is -2.38. The van der Waals surface area contributed by atoms with Crippen LogP contribution in [0.15, 0.2) is 40.4 Å². The van der Waals surface area contributed by atoms with E-state index in [9.17, 15) is 32.7 Å². The number of aromatic nitrogens is 6. The third-order valence-corrected chi connectivity index (χ3v) is 16.6. The van der Waals surface area contributed by atoms with E-state index in [-0.39, 0.29) is 47.3 Å². The second kappa shape index (κ2) is 16.3. The number of imide groups is 1. The maximum atomic E-state index is 16.2. The number of imidazole rings is 1. The molecule has 0 bridgehead atoms. The van der Waals surface area contributed by atoms with Crippen molar-refractivity contribution < 1.29 is 32.3 Å². The number of hydrogen-bond donors (Lipinski definition) is 3. The smallest absolute Gasteiger partial charge is 0.329 e. The number of fused-ring (bicyclic) bond motifs is 3. The molecule has 3 atom stereocenters. The number of benzene rings is 1. The number of halogens is 1. The van der Waals surface area contributed by atoms with Crippen molar-refractivity contribution in [2.75, 3.05) is 54.9 Å². The summed E-state index contributed by atoms with van der Waals surface area (Å²) in [5.74, 6) is -0.347. The largest absolute Gasteiger partial charge is 0.393 e. The van der Waals surface area contributed by atoms with Crippen molar-refractivity contribution in [1.29, 1.82) is 0 Å². The molecule has 21 heteroatoms. The van der Waals surface area contributed by atoms with E-state index in [0.29, 0.717) is 81.5 Å². The molecular formula is C43H55FN12O7S. The maximum Gasteiger partial charge on any atom is 0.329 e. The van der Waals surface area contributed by atoms with Crippen molar-refractivity contribution in [2.24, 2.45) is 7.05 Å². The minimum Gasteiger partial charge on any atom is -0.393 e. The van der Waals surface area contributed by atoms with Gasteiger partial charge in [0.2, 0.25) is 33.7 Å². The number of anilines is 3. The number of carbonyl (C=O) groups is 3. The normalized spacial score (nSPS) is 24.6. The van der Waals surface area contributed by atoms with Crippen LogP contribution in [-0.2, 0) is 43.4 Å². The molecule has 3 N–H and O–H groups in total. The van der Waals surface area contributed by atoms with Gasteiger partial charge in [-0.3, -0.25) is 38.4 Å². The van der Waals surface area contributed by atoms with Crippen molar-refractivity contribution in [3.8, 4) is 0 Å². The molecule has 2 saturated carbocycles. The number of aliphatic hydroxyl groups excluding tert-OH is 1. The first-order valence-corrected chi connectivity index (χ1v) is 24.0. The van der Waals surface area contributed by atoms with Crippen molar-refractivity contribution in [3.63, 3.8) is 0 Å². The van der Waals surface area contributed by atoms with Gasteiger partial charge in [-0.05, 0) is 89.8 Å². The van der Waals surface area contributed by atoms with Gasteiger partial charge in [-0.15, -0.1) is 0 Å². The second-order valence-corrected chi connectivity index (χ2v) is 20.5. The minimum atomic E-state index is -3.78. The van der Waals surface area contributed by atoms with Crippen LogP contribution >= 0.6 is 0 Å². The summed E-state index contributed by atoms with van der Waals surface area (Å²) >= 11 is 0. The summed E-state index contributed by atoms with van der Waals surface area (Å²) in [6.07, 6.45) is 11.8. The van der Waals surface area contributed by atoms with Gasteiger partial charge in [-0.1, -0.05) is 0 Å². The molecule has 7 heterocycles. The number of aryl methyl sites for hydroxylation is 1. The topological polar surface area (TPSA) is 213 Å². The van der Waals surface area contributed by atoms with E-state index >= 15 is 4.39 Å². The summed E-state index contributed by atoms with van der Waals surface area (Å²) < 4.78 is 49.3. The molecule has 64 heavy (non-hydrogen) atoms. The molecule has 3 saturated heterocycles. The van der Waals surface area contributed by atoms with Crippen LogP contribution in [0.5, 0.6) is 0 Å². The predicted octanol–water partition coefficient (Wildman–Crippen LogP) is 1.99. The van der Waals surface area contributed by atoms with Crippen LogP contribution in [0.2, 0.25) is 0 Å². The number of rotatable bonds is 11. The number of nitrogens with one attached hydrogen (secondary N) is 2. The van der Waals surface area contributed by atoms with E-state index < -0.39 is 50.9 Å². The molecule has 4 aromatic rings. The van der Waals surface area contributed by atoms with Gasteiger partial charge in [0.15, 0.2) is 5.82 Å².